The summed E-state index contributed by atoms with van der Waals surface area (Å²) in [6.07, 6.45) is 0. The van der Waals surface area contributed by atoms with Gasteiger partial charge in [0.2, 0.25) is 0 Å². The lowest BCUT2D eigenvalue weighted by molar-refractivity contribution is -0.132. The van der Waals surface area contributed by atoms with E-state index in [0.29, 0.717) is 31.9 Å². The van der Waals surface area contributed by atoms with E-state index >= 15 is 0 Å². The summed E-state index contributed by atoms with van der Waals surface area (Å²) < 4.78 is 0. The van der Waals surface area contributed by atoms with Crippen LogP contribution in [0.3, 0.4) is 0 Å². The molecule has 0 spiro atoms. The number of aliphatic hydroxyl groups is 1. The first-order chi connectivity index (χ1) is 14.8. The van der Waals surface area contributed by atoms with Crippen LogP contribution in [0, 0.1) is 6.92 Å². The van der Waals surface area contributed by atoms with Crippen molar-refractivity contribution in [3.8, 4) is 0 Å². The molecule has 0 radical (unpaired) electrons. The zero-order chi connectivity index (χ0) is 22.3. The van der Waals surface area contributed by atoms with E-state index in [-0.39, 0.29) is 11.3 Å². The van der Waals surface area contributed by atoms with Crippen LogP contribution in [-0.2, 0) is 9.59 Å². The molecule has 31 heavy (non-hydrogen) atoms. The second-order valence-electron chi connectivity index (χ2n) is 7.16. The van der Waals surface area contributed by atoms with Crippen LogP contribution in [0.5, 0.6) is 0 Å². The van der Waals surface area contributed by atoms with E-state index in [1.54, 1.807) is 42.5 Å². The SMILES string of the molecule is Cc1ccccc1C1/C(=C(\O)c2ccc(Cl)cc2)C(=O)C(=O)N1c1cc(Cl)cc(Cl)c1. The quantitative estimate of drug-likeness (QED) is 0.266. The third-order valence-electron chi connectivity index (χ3n) is 5.17. The van der Waals surface area contributed by atoms with Crippen molar-refractivity contribution in [3.63, 3.8) is 0 Å². The number of benzene rings is 3. The Hall–Kier alpha value is -2.79. The fraction of sp³-hybridized carbons (Fsp3) is 0.0833. The van der Waals surface area contributed by atoms with Crippen LogP contribution in [0.25, 0.3) is 5.76 Å². The van der Waals surface area contributed by atoms with Crippen LogP contribution in [0.2, 0.25) is 15.1 Å². The van der Waals surface area contributed by atoms with Crippen LogP contribution >= 0.6 is 34.8 Å². The van der Waals surface area contributed by atoms with Crippen LogP contribution in [-0.4, -0.2) is 16.8 Å². The van der Waals surface area contributed by atoms with Gasteiger partial charge < -0.3 is 5.11 Å². The van der Waals surface area contributed by atoms with Gasteiger partial charge in [-0.25, -0.2) is 0 Å². The maximum atomic E-state index is 13.1. The second-order valence-corrected chi connectivity index (χ2v) is 8.47. The van der Waals surface area contributed by atoms with Gasteiger partial charge in [-0.3, -0.25) is 14.5 Å². The predicted molar refractivity (Wildman–Crippen MR) is 124 cm³/mol. The van der Waals surface area contributed by atoms with Crippen LogP contribution in [0.1, 0.15) is 22.7 Å². The van der Waals surface area contributed by atoms with Crippen molar-refractivity contribution in [1.29, 1.82) is 0 Å². The van der Waals surface area contributed by atoms with E-state index in [9.17, 15) is 14.7 Å². The van der Waals surface area contributed by atoms with Gasteiger partial charge in [0.25, 0.3) is 11.7 Å². The molecule has 0 aromatic heterocycles. The van der Waals surface area contributed by atoms with Crippen molar-refractivity contribution in [2.45, 2.75) is 13.0 Å². The van der Waals surface area contributed by atoms with E-state index in [2.05, 4.69) is 0 Å². The number of halogens is 3. The topological polar surface area (TPSA) is 57.6 Å². The third kappa shape index (κ3) is 3.94. The summed E-state index contributed by atoms with van der Waals surface area (Å²) in [6.45, 7) is 1.88. The minimum Gasteiger partial charge on any atom is -0.507 e. The molecule has 1 N–H and O–H groups in total. The first kappa shape index (κ1) is 21.4. The average Bonchev–Trinajstić information content (AvgIpc) is 2.98. The van der Waals surface area contributed by atoms with Crippen molar-refractivity contribution in [1.82, 2.24) is 0 Å². The molecular weight excluding hydrogens is 457 g/mol. The Labute approximate surface area is 194 Å². The molecule has 4 rings (SSSR count). The van der Waals surface area contributed by atoms with E-state index in [0.717, 1.165) is 5.56 Å². The van der Waals surface area contributed by atoms with Gasteiger partial charge in [-0.2, -0.15) is 0 Å². The fourth-order valence-electron chi connectivity index (χ4n) is 3.73. The number of amides is 1. The number of aryl methyl sites for hydroxylation is 1. The zero-order valence-corrected chi connectivity index (χ0v) is 18.5. The lowest BCUT2D eigenvalue weighted by atomic mass is 9.92. The second kappa shape index (κ2) is 8.39. The van der Waals surface area contributed by atoms with Crippen molar-refractivity contribution < 1.29 is 14.7 Å². The van der Waals surface area contributed by atoms with Crippen molar-refractivity contribution in [3.05, 3.63) is 104 Å². The number of carbonyl (C=O) groups is 2. The van der Waals surface area contributed by atoms with Gasteiger partial charge in [-0.15, -0.1) is 0 Å². The molecule has 0 aliphatic carbocycles. The summed E-state index contributed by atoms with van der Waals surface area (Å²) >= 11 is 18.3. The minimum atomic E-state index is -0.855. The number of rotatable bonds is 3. The van der Waals surface area contributed by atoms with Crippen LogP contribution in [0.15, 0.2) is 72.3 Å². The average molecular weight is 473 g/mol. The maximum Gasteiger partial charge on any atom is 0.300 e. The Balaban J connectivity index is 1.99. The van der Waals surface area contributed by atoms with Gasteiger partial charge in [-0.1, -0.05) is 59.1 Å². The molecule has 1 fully saturated rings. The molecule has 4 nitrogen and oxygen atoms in total. The Morgan fingerprint density at radius 1 is 0.871 bits per heavy atom. The highest BCUT2D eigenvalue weighted by Crippen LogP contribution is 2.44. The molecule has 7 heteroatoms. The summed E-state index contributed by atoms with van der Waals surface area (Å²) in [7, 11) is 0. The molecule has 1 amide bonds. The standard InChI is InChI=1S/C24H16Cl3NO3/c1-13-4-2-3-5-19(13)21-20(22(29)14-6-8-15(25)9-7-14)23(30)24(31)28(21)18-11-16(26)10-17(27)12-18/h2-12,21,29H,1H3/b22-20+. The molecule has 1 unspecified atom stereocenters. The highest BCUT2D eigenvalue weighted by molar-refractivity contribution is 6.52. The lowest BCUT2D eigenvalue weighted by Gasteiger charge is -2.27. The van der Waals surface area contributed by atoms with Gasteiger partial charge in [0.15, 0.2) is 0 Å². The number of anilines is 1. The summed E-state index contributed by atoms with van der Waals surface area (Å²) in [6, 6.07) is 17.6. The number of hydrogen-bond donors (Lipinski definition) is 1. The number of ketones is 1. The predicted octanol–water partition coefficient (Wildman–Crippen LogP) is 6.58. The van der Waals surface area contributed by atoms with Crippen molar-refractivity contribution >= 4 is 57.9 Å². The molecule has 1 saturated heterocycles. The van der Waals surface area contributed by atoms with E-state index in [1.807, 2.05) is 31.2 Å². The summed E-state index contributed by atoms with van der Waals surface area (Å²) in [4.78, 5) is 27.6. The molecule has 0 saturated carbocycles. The number of aliphatic hydroxyl groups excluding tert-OH is 1. The van der Waals surface area contributed by atoms with Crippen molar-refractivity contribution in [2.75, 3.05) is 4.90 Å². The molecule has 0 bridgehead atoms. The Morgan fingerprint density at radius 3 is 2.10 bits per heavy atom. The zero-order valence-electron chi connectivity index (χ0n) is 16.3. The van der Waals surface area contributed by atoms with E-state index < -0.39 is 17.7 Å². The lowest BCUT2D eigenvalue weighted by Crippen LogP contribution is -2.29. The van der Waals surface area contributed by atoms with Gasteiger partial charge in [0, 0.05) is 26.3 Å². The van der Waals surface area contributed by atoms with Gasteiger partial charge in [0.1, 0.15) is 5.76 Å². The molecule has 1 aliphatic rings. The number of carbonyl (C=O) groups excluding carboxylic acids is 2. The largest absolute Gasteiger partial charge is 0.507 e. The highest BCUT2D eigenvalue weighted by Gasteiger charge is 2.47. The fourth-order valence-corrected chi connectivity index (χ4v) is 4.37. The monoisotopic (exact) mass is 471 g/mol. The molecule has 156 valence electrons. The maximum absolute atomic E-state index is 13.1. The third-order valence-corrected chi connectivity index (χ3v) is 5.86. The summed E-state index contributed by atoms with van der Waals surface area (Å²) in [5.41, 5.74) is 2.29. The van der Waals surface area contributed by atoms with Crippen molar-refractivity contribution in [2.24, 2.45) is 0 Å². The normalized spacial score (nSPS) is 17.9. The Morgan fingerprint density at radius 2 is 1.48 bits per heavy atom. The van der Waals surface area contributed by atoms with Crippen LogP contribution < -0.4 is 4.90 Å². The first-order valence-corrected chi connectivity index (χ1v) is 10.5. The Kier molecular flexibility index (Phi) is 5.80. The molecule has 1 heterocycles. The minimum absolute atomic E-state index is 0.0160. The van der Waals surface area contributed by atoms with Gasteiger partial charge in [0.05, 0.1) is 11.6 Å². The van der Waals surface area contributed by atoms with Gasteiger partial charge in [-0.05, 0) is 60.5 Å². The first-order valence-electron chi connectivity index (χ1n) is 9.36. The molecule has 1 atom stereocenters. The number of Topliss-reactive ketones (excluding diaryl/α,β-unsaturated/α-hetero) is 1. The molecule has 3 aromatic rings. The smallest absolute Gasteiger partial charge is 0.300 e. The van der Waals surface area contributed by atoms with Gasteiger partial charge >= 0.3 is 0 Å². The molecular formula is C24H16Cl3NO3. The number of nitrogens with zero attached hydrogens (tertiary/aromatic N) is 1. The molecule has 3 aromatic carbocycles. The number of hydrogen-bond acceptors (Lipinski definition) is 3. The summed E-state index contributed by atoms with van der Waals surface area (Å²) in [5, 5.41) is 12.2. The van der Waals surface area contributed by atoms with E-state index in [4.69, 9.17) is 34.8 Å². The van der Waals surface area contributed by atoms with E-state index in [1.165, 1.54) is 4.90 Å². The van der Waals surface area contributed by atoms with Crippen LogP contribution in [0.4, 0.5) is 5.69 Å². The summed E-state index contributed by atoms with van der Waals surface area (Å²) in [5.74, 6) is -1.85. The highest BCUT2D eigenvalue weighted by atomic mass is 35.5. The molecule has 1 aliphatic heterocycles. The Bertz CT molecular complexity index is 1210.